The zero-order chi connectivity index (χ0) is 11.1. The maximum absolute atomic E-state index is 11.4. The molecule has 0 saturated carbocycles. The Morgan fingerprint density at radius 3 is 2.80 bits per heavy atom. The van der Waals surface area contributed by atoms with Crippen LogP contribution in [0.3, 0.4) is 0 Å². The van der Waals surface area contributed by atoms with E-state index < -0.39 is 9.84 Å². The molecule has 0 fully saturated rings. The summed E-state index contributed by atoms with van der Waals surface area (Å²) in [5.74, 6) is 0. The molecule has 1 aliphatic carbocycles. The van der Waals surface area contributed by atoms with Gasteiger partial charge < -0.3 is 0 Å². The van der Waals surface area contributed by atoms with E-state index in [9.17, 15) is 8.42 Å². The molecule has 1 aromatic heterocycles. The smallest absolute Gasteiger partial charge is 0.194 e. The zero-order valence-electron chi connectivity index (χ0n) is 8.32. The molecule has 0 N–H and O–H groups in total. The molecule has 0 bridgehead atoms. The summed E-state index contributed by atoms with van der Waals surface area (Å²) in [6.07, 6.45) is 3.77. The SMILES string of the molecule is CS(=O)(=O)c1nc2c(cc1C#N)CCC2. The number of nitriles is 1. The first-order valence-corrected chi connectivity index (χ1v) is 6.54. The fraction of sp³-hybridized carbons (Fsp3) is 0.400. The third-order valence-electron chi connectivity index (χ3n) is 2.49. The Labute approximate surface area is 88.5 Å². The third kappa shape index (κ3) is 1.73. The lowest BCUT2D eigenvalue weighted by molar-refractivity contribution is 0.597. The van der Waals surface area contributed by atoms with Crippen LogP contribution in [0.15, 0.2) is 11.1 Å². The van der Waals surface area contributed by atoms with Crippen LogP contribution in [0.4, 0.5) is 0 Å². The Morgan fingerprint density at radius 2 is 2.20 bits per heavy atom. The summed E-state index contributed by atoms with van der Waals surface area (Å²) < 4.78 is 22.8. The number of pyridine rings is 1. The molecule has 0 unspecified atom stereocenters. The van der Waals surface area contributed by atoms with E-state index in [1.165, 1.54) is 0 Å². The van der Waals surface area contributed by atoms with E-state index >= 15 is 0 Å². The van der Waals surface area contributed by atoms with Crippen LogP contribution >= 0.6 is 0 Å². The Balaban J connectivity index is 2.71. The molecule has 0 amide bonds. The van der Waals surface area contributed by atoms with Crippen LogP contribution in [0.5, 0.6) is 0 Å². The molecule has 1 aromatic rings. The molecule has 0 spiro atoms. The fourth-order valence-corrected chi connectivity index (χ4v) is 2.60. The summed E-state index contributed by atoms with van der Waals surface area (Å²) in [6, 6.07) is 3.55. The Bertz CT molecular complexity index is 556. The molecular weight excluding hydrogens is 212 g/mol. The normalized spacial score (nSPS) is 14.7. The van der Waals surface area contributed by atoms with Gasteiger partial charge in [0.15, 0.2) is 14.9 Å². The quantitative estimate of drug-likeness (QED) is 0.706. The highest BCUT2D eigenvalue weighted by Crippen LogP contribution is 2.24. The van der Waals surface area contributed by atoms with Crippen molar-refractivity contribution < 1.29 is 8.42 Å². The Kier molecular flexibility index (Phi) is 2.24. The minimum atomic E-state index is -3.40. The zero-order valence-corrected chi connectivity index (χ0v) is 9.13. The predicted octanol–water partition coefficient (Wildman–Crippen LogP) is 0.845. The van der Waals surface area contributed by atoms with E-state index in [1.807, 2.05) is 6.07 Å². The second-order valence-corrected chi connectivity index (χ2v) is 5.62. The van der Waals surface area contributed by atoms with Gasteiger partial charge in [-0.05, 0) is 30.9 Å². The number of hydrogen-bond acceptors (Lipinski definition) is 4. The molecule has 4 nitrogen and oxygen atoms in total. The molecule has 1 heterocycles. The van der Waals surface area contributed by atoms with Crippen LogP contribution in [0.2, 0.25) is 0 Å². The summed E-state index contributed by atoms with van der Waals surface area (Å²) in [6.45, 7) is 0. The van der Waals surface area contributed by atoms with Crippen molar-refractivity contribution in [2.45, 2.75) is 24.3 Å². The molecule has 0 aromatic carbocycles. The average Bonchev–Trinajstić information content (AvgIpc) is 2.60. The van der Waals surface area contributed by atoms with E-state index in [0.29, 0.717) is 0 Å². The van der Waals surface area contributed by atoms with Gasteiger partial charge in [-0.1, -0.05) is 0 Å². The molecule has 1 aliphatic rings. The van der Waals surface area contributed by atoms with Crippen LogP contribution in [0, 0.1) is 11.3 Å². The van der Waals surface area contributed by atoms with E-state index in [4.69, 9.17) is 5.26 Å². The molecule has 78 valence electrons. The summed E-state index contributed by atoms with van der Waals surface area (Å²) >= 11 is 0. The highest BCUT2D eigenvalue weighted by Gasteiger charge is 2.21. The van der Waals surface area contributed by atoms with Gasteiger partial charge in [-0.3, -0.25) is 0 Å². The summed E-state index contributed by atoms with van der Waals surface area (Å²) in [5, 5.41) is 8.78. The number of aryl methyl sites for hydroxylation is 2. The van der Waals surface area contributed by atoms with Crippen LogP contribution in [0.25, 0.3) is 0 Å². The van der Waals surface area contributed by atoms with Crippen LogP contribution < -0.4 is 0 Å². The van der Waals surface area contributed by atoms with Crippen molar-refractivity contribution in [3.63, 3.8) is 0 Å². The summed E-state index contributed by atoms with van der Waals surface area (Å²) in [5.41, 5.74) is 2.01. The van der Waals surface area contributed by atoms with Gasteiger partial charge in [-0.15, -0.1) is 0 Å². The maximum Gasteiger partial charge on any atom is 0.194 e. The maximum atomic E-state index is 11.4. The van der Waals surface area contributed by atoms with Crippen LogP contribution in [-0.4, -0.2) is 19.7 Å². The van der Waals surface area contributed by atoms with E-state index in [-0.39, 0.29) is 10.6 Å². The highest BCUT2D eigenvalue weighted by atomic mass is 32.2. The molecule has 0 radical (unpaired) electrons. The minimum absolute atomic E-state index is 0.0781. The molecular formula is C10H10N2O2S. The number of hydrogen-bond donors (Lipinski definition) is 0. The highest BCUT2D eigenvalue weighted by molar-refractivity contribution is 7.90. The minimum Gasteiger partial charge on any atom is -0.240 e. The standard InChI is InChI=1S/C10H10N2O2S/c1-15(13,14)10-8(6-11)5-7-3-2-4-9(7)12-10/h5H,2-4H2,1H3. The van der Waals surface area contributed by atoms with E-state index in [1.54, 1.807) is 6.07 Å². The van der Waals surface area contributed by atoms with Crippen molar-refractivity contribution in [1.29, 1.82) is 5.26 Å². The van der Waals surface area contributed by atoms with E-state index in [2.05, 4.69) is 4.98 Å². The number of fused-ring (bicyclic) bond motifs is 1. The van der Waals surface area contributed by atoms with Crippen molar-refractivity contribution >= 4 is 9.84 Å². The fourth-order valence-electron chi connectivity index (χ4n) is 1.82. The largest absolute Gasteiger partial charge is 0.240 e. The number of rotatable bonds is 1. The van der Waals surface area contributed by atoms with Gasteiger partial charge in [0.05, 0.1) is 5.56 Å². The second-order valence-electron chi connectivity index (χ2n) is 3.68. The second kappa shape index (κ2) is 3.31. The molecule has 2 rings (SSSR count). The third-order valence-corrected chi connectivity index (χ3v) is 3.50. The topological polar surface area (TPSA) is 70.8 Å². The monoisotopic (exact) mass is 222 g/mol. The van der Waals surface area contributed by atoms with Crippen molar-refractivity contribution in [1.82, 2.24) is 4.98 Å². The summed E-state index contributed by atoms with van der Waals surface area (Å²) in [7, 11) is -3.40. The average molecular weight is 222 g/mol. The summed E-state index contributed by atoms with van der Waals surface area (Å²) in [4.78, 5) is 4.08. The first kappa shape index (κ1) is 10.1. The lowest BCUT2D eigenvalue weighted by Crippen LogP contribution is -2.06. The van der Waals surface area contributed by atoms with Crippen LogP contribution in [0.1, 0.15) is 23.2 Å². The van der Waals surface area contributed by atoms with Gasteiger partial charge in [0.25, 0.3) is 0 Å². The Hall–Kier alpha value is -1.41. The van der Waals surface area contributed by atoms with E-state index in [0.717, 1.165) is 36.8 Å². The predicted molar refractivity (Wildman–Crippen MR) is 54.1 cm³/mol. The molecule has 5 heteroatoms. The molecule has 0 atom stereocenters. The molecule has 0 saturated heterocycles. The van der Waals surface area contributed by atoms with Gasteiger partial charge in [0.1, 0.15) is 6.07 Å². The van der Waals surface area contributed by atoms with Crippen LogP contribution in [-0.2, 0) is 22.7 Å². The van der Waals surface area contributed by atoms with Crippen molar-refractivity contribution in [3.8, 4) is 6.07 Å². The number of sulfone groups is 1. The lowest BCUT2D eigenvalue weighted by atomic mass is 10.2. The van der Waals surface area contributed by atoms with Crippen molar-refractivity contribution in [2.24, 2.45) is 0 Å². The number of aromatic nitrogens is 1. The number of nitrogens with zero attached hydrogens (tertiary/aromatic N) is 2. The van der Waals surface area contributed by atoms with Gasteiger partial charge in [-0.25, -0.2) is 13.4 Å². The van der Waals surface area contributed by atoms with Gasteiger partial charge in [-0.2, -0.15) is 5.26 Å². The van der Waals surface area contributed by atoms with Crippen molar-refractivity contribution in [3.05, 3.63) is 22.9 Å². The molecule has 0 aliphatic heterocycles. The lowest BCUT2D eigenvalue weighted by Gasteiger charge is -2.04. The first-order valence-electron chi connectivity index (χ1n) is 4.65. The van der Waals surface area contributed by atoms with Gasteiger partial charge >= 0.3 is 0 Å². The molecule has 15 heavy (non-hydrogen) atoms. The first-order chi connectivity index (χ1) is 7.02. The van der Waals surface area contributed by atoms with Gasteiger partial charge in [0, 0.05) is 11.9 Å². The van der Waals surface area contributed by atoms with Gasteiger partial charge in [0.2, 0.25) is 0 Å². The van der Waals surface area contributed by atoms with Crippen molar-refractivity contribution in [2.75, 3.05) is 6.26 Å². The Morgan fingerprint density at radius 1 is 1.47 bits per heavy atom.